The van der Waals surface area contributed by atoms with E-state index in [0.717, 1.165) is 24.3 Å². The maximum atomic E-state index is 12.9. The van der Waals surface area contributed by atoms with Crippen molar-refractivity contribution in [2.24, 2.45) is 0 Å². The van der Waals surface area contributed by atoms with E-state index in [4.69, 9.17) is 13.2 Å². The van der Waals surface area contributed by atoms with Gasteiger partial charge in [0.2, 0.25) is 0 Å². The average Bonchev–Trinajstić information content (AvgIpc) is 2.41. The van der Waals surface area contributed by atoms with Gasteiger partial charge in [0, 0.05) is 12.1 Å². The SMILES string of the molecule is CC(C)(C)OP(=O)(COS(=O)(=O)c1ccc([N+](=O)[O-])cc1)OC(C)(C)C. The molecule has 1 rings (SSSR count). The zero-order chi connectivity index (χ0) is 20.4. The summed E-state index contributed by atoms with van der Waals surface area (Å²) in [5.41, 5.74) is -1.98. The van der Waals surface area contributed by atoms with Gasteiger partial charge in [-0.25, -0.2) is 0 Å². The number of rotatable bonds is 7. The molecule has 0 bridgehead atoms. The van der Waals surface area contributed by atoms with Crippen molar-refractivity contribution in [3.8, 4) is 0 Å². The molecule has 0 saturated carbocycles. The maximum absolute atomic E-state index is 12.9. The Kier molecular flexibility index (Phi) is 6.76. The van der Waals surface area contributed by atoms with Crippen LogP contribution in [0.25, 0.3) is 0 Å². The number of nitro benzene ring substituents is 1. The van der Waals surface area contributed by atoms with Crippen LogP contribution in [0.15, 0.2) is 29.2 Å². The topological polar surface area (TPSA) is 122 Å². The lowest BCUT2D eigenvalue weighted by Crippen LogP contribution is -2.26. The highest BCUT2D eigenvalue weighted by Gasteiger charge is 2.37. The number of nitro groups is 1. The van der Waals surface area contributed by atoms with E-state index < -0.39 is 40.2 Å². The molecule has 0 aromatic heterocycles. The average molecular weight is 409 g/mol. The number of hydrogen-bond acceptors (Lipinski definition) is 8. The van der Waals surface area contributed by atoms with Crippen LogP contribution in [-0.2, 0) is 27.9 Å². The summed E-state index contributed by atoms with van der Waals surface area (Å²) in [6.07, 6.45) is -0.819. The molecule has 26 heavy (non-hydrogen) atoms. The zero-order valence-electron chi connectivity index (χ0n) is 15.6. The summed E-state index contributed by atoms with van der Waals surface area (Å²) >= 11 is 0. The fourth-order valence-electron chi connectivity index (χ4n) is 1.84. The van der Waals surface area contributed by atoms with Gasteiger partial charge in [-0.2, -0.15) is 8.42 Å². The van der Waals surface area contributed by atoms with Gasteiger partial charge in [0.25, 0.3) is 15.8 Å². The van der Waals surface area contributed by atoms with E-state index in [1.807, 2.05) is 0 Å². The van der Waals surface area contributed by atoms with E-state index in [9.17, 15) is 23.1 Å². The molecular weight excluding hydrogens is 385 g/mol. The summed E-state index contributed by atoms with van der Waals surface area (Å²) in [7, 11) is -8.22. The molecule has 0 fully saturated rings. The van der Waals surface area contributed by atoms with Crippen LogP contribution in [-0.4, -0.2) is 30.9 Å². The highest BCUT2D eigenvalue weighted by molar-refractivity contribution is 7.87. The van der Waals surface area contributed by atoms with E-state index in [2.05, 4.69) is 0 Å². The molecule has 0 heterocycles. The Hall–Kier alpha value is -1.32. The second-order valence-electron chi connectivity index (χ2n) is 7.47. The minimum atomic E-state index is -4.30. The number of benzene rings is 1. The summed E-state index contributed by atoms with van der Waals surface area (Å²) < 4.78 is 53.2. The van der Waals surface area contributed by atoms with Crippen LogP contribution < -0.4 is 0 Å². The third kappa shape index (κ3) is 7.51. The van der Waals surface area contributed by atoms with Gasteiger partial charge in [-0.15, -0.1) is 0 Å². The molecule has 0 atom stereocenters. The molecule has 1 aromatic carbocycles. The van der Waals surface area contributed by atoms with E-state index >= 15 is 0 Å². The predicted octanol–water partition coefficient (Wildman–Crippen LogP) is 4.08. The molecule has 1 aromatic rings. The first-order valence-corrected chi connectivity index (χ1v) is 10.8. The Morgan fingerprint density at radius 3 is 1.77 bits per heavy atom. The van der Waals surface area contributed by atoms with Crippen molar-refractivity contribution in [1.82, 2.24) is 0 Å². The highest BCUT2D eigenvalue weighted by atomic mass is 32.2. The van der Waals surface area contributed by atoms with Gasteiger partial charge < -0.3 is 9.05 Å². The summed E-state index contributed by atoms with van der Waals surface area (Å²) in [6, 6.07) is 4.14. The van der Waals surface area contributed by atoms with Crippen molar-refractivity contribution in [1.29, 1.82) is 0 Å². The molecule has 0 radical (unpaired) electrons. The van der Waals surface area contributed by atoms with Gasteiger partial charge in [0.1, 0.15) is 0 Å². The minimum Gasteiger partial charge on any atom is -0.301 e. The summed E-state index contributed by atoms with van der Waals surface area (Å²) in [6.45, 7) is 9.90. The standard InChI is InChI=1S/C15H24NO8PS/c1-14(2,3)23-25(19,24-15(4,5)6)11-22-26(20,21)13-9-7-12(8-10-13)16(17)18/h7-10H,11H2,1-6H3. The molecule has 0 aliphatic carbocycles. The van der Waals surface area contributed by atoms with Crippen LogP contribution in [0.3, 0.4) is 0 Å². The molecule has 0 saturated heterocycles. The minimum absolute atomic E-state index is 0.262. The number of nitrogens with zero attached hydrogens (tertiary/aromatic N) is 1. The fourth-order valence-corrected chi connectivity index (χ4v) is 5.33. The van der Waals surface area contributed by atoms with Crippen molar-refractivity contribution < 1.29 is 31.1 Å². The molecular formula is C15H24NO8PS. The van der Waals surface area contributed by atoms with Crippen molar-refractivity contribution in [2.75, 3.05) is 6.35 Å². The Labute approximate surface area is 153 Å². The second-order valence-corrected chi connectivity index (χ2v) is 10.9. The quantitative estimate of drug-likeness (QED) is 0.286. The van der Waals surface area contributed by atoms with Gasteiger partial charge in [-0.1, -0.05) is 0 Å². The monoisotopic (exact) mass is 409 g/mol. The zero-order valence-corrected chi connectivity index (χ0v) is 17.3. The van der Waals surface area contributed by atoms with Crippen LogP contribution in [0.2, 0.25) is 0 Å². The van der Waals surface area contributed by atoms with E-state index in [0.29, 0.717) is 0 Å². The van der Waals surface area contributed by atoms with Gasteiger partial charge in [0.05, 0.1) is 21.0 Å². The van der Waals surface area contributed by atoms with Gasteiger partial charge in [-0.3, -0.25) is 18.9 Å². The van der Waals surface area contributed by atoms with Gasteiger partial charge >= 0.3 is 7.60 Å². The van der Waals surface area contributed by atoms with Crippen LogP contribution in [0.1, 0.15) is 41.5 Å². The smallest absolute Gasteiger partial charge is 0.301 e. The van der Waals surface area contributed by atoms with Crippen molar-refractivity contribution >= 4 is 23.4 Å². The third-order valence-electron chi connectivity index (χ3n) is 2.53. The third-order valence-corrected chi connectivity index (χ3v) is 6.08. The lowest BCUT2D eigenvalue weighted by Gasteiger charge is -2.31. The van der Waals surface area contributed by atoms with Crippen molar-refractivity contribution in [3.63, 3.8) is 0 Å². The van der Waals surface area contributed by atoms with Gasteiger partial charge in [-0.05, 0) is 53.7 Å². The second kappa shape index (κ2) is 7.74. The molecule has 0 N–H and O–H groups in total. The Morgan fingerprint density at radius 1 is 1.00 bits per heavy atom. The normalized spacial score (nSPS) is 13.6. The Bertz CT molecular complexity index is 770. The van der Waals surface area contributed by atoms with E-state index in [-0.39, 0.29) is 10.6 Å². The Balaban J connectivity index is 3.02. The molecule has 0 aliphatic heterocycles. The predicted molar refractivity (Wildman–Crippen MR) is 95.5 cm³/mol. The number of hydrogen-bond donors (Lipinski definition) is 0. The van der Waals surface area contributed by atoms with Gasteiger partial charge in [0.15, 0.2) is 6.35 Å². The Morgan fingerprint density at radius 2 is 1.42 bits per heavy atom. The van der Waals surface area contributed by atoms with E-state index in [1.165, 1.54) is 0 Å². The van der Waals surface area contributed by atoms with Crippen LogP contribution in [0, 0.1) is 10.1 Å². The first-order chi connectivity index (χ1) is 11.5. The maximum Gasteiger partial charge on any atom is 0.358 e. The van der Waals surface area contributed by atoms with Crippen molar-refractivity contribution in [3.05, 3.63) is 34.4 Å². The molecule has 0 spiro atoms. The van der Waals surface area contributed by atoms with E-state index in [1.54, 1.807) is 41.5 Å². The highest BCUT2D eigenvalue weighted by Crippen LogP contribution is 2.54. The first-order valence-electron chi connectivity index (χ1n) is 7.68. The number of non-ortho nitro benzene ring substituents is 1. The largest absolute Gasteiger partial charge is 0.358 e. The molecule has 0 amide bonds. The first kappa shape index (κ1) is 22.7. The lowest BCUT2D eigenvalue weighted by atomic mass is 10.2. The molecule has 11 heteroatoms. The van der Waals surface area contributed by atoms with Crippen molar-refractivity contribution in [2.45, 2.75) is 57.6 Å². The summed E-state index contributed by atoms with van der Waals surface area (Å²) in [4.78, 5) is 9.68. The molecule has 0 aliphatic rings. The van der Waals surface area contributed by atoms with Crippen LogP contribution in [0.4, 0.5) is 5.69 Å². The fraction of sp³-hybridized carbons (Fsp3) is 0.600. The summed E-state index contributed by atoms with van der Waals surface area (Å²) in [5.74, 6) is 0. The lowest BCUT2D eigenvalue weighted by molar-refractivity contribution is -0.384. The molecule has 148 valence electrons. The molecule has 0 unspecified atom stereocenters. The van der Waals surface area contributed by atoms with Crippen LogP contribution >= 0.6 is 7.60 Å². The van der Waals surface area contributed by atoms with Crippen LogP contribution in [0.5, 0.6) is 0 Å². The molecule has 9 nitrogen and oxygen atoms in total. The summed E-state index contributed by atoms with van der Waals surface area (Å²) in [5, 5.41) is 10.6.